The van der Waals surface area contributed by atoms with Crippen molar-refractivity contribution in [2.75, 3.05) is 6.61 Å². The van der Waals surface area contributed by atoms with E-state index >= 15 is 0 Å². The monoisotopic (exact) mass is 295 g/mol. The van der Waals surface area contributed by atoms with Gasteiger partial charge in [-0.2, -0.15) is 0 Å². The first kappa shape index (κ1) is 14.8. The van der Waals surface area contributed by atoms with Crippen molar-refractivity contribution >= 4 is 5.90 Å². The molecule has 0 radical (unpaired) electrons. The minimum atomic E-state index is -0.104. The smallest absolute Gasteiger partial charge is 0.188 e. The van der Waals surface area contributed by atoms with Crippen molar-refractivity contribution < 1.29 is 9.84 Å². The van der Waals surface area contributed by atoms with Gasteiger partial charge in [-0.3, -0.25) is 0 Å². The van der Waals surface area contributed by atoms with Crippen molar-refractivity contribution in [3.05, 3.63) is 59.7 Å². The second-order valence-electron chi connectivity index (χ2n) is 6.34. The second kappa shape index (κ2) is 5.93. The maximum Gasteiger partial charge on any atom is 0.188 e. The SMILES string of the molecule is CC1(C)COC(Cc2cccc(-c3ccc(CO)cc3)c2)=N1. The molecule has 3 heteroatoms. The Morgan fingerprint density at radius 1 is 1.05 bits per heavy atom. The Balaban J connectivity index is 1.80. The molecule has 3 nitrogen and oxygen atoms in total. The third-order valence-corrected chi connectivity index (χ3v) is 3.77. The highest BCUT2D eigenvalue weighted by molar-refractivity contribution is 5.81. The third kappa shape index (κ3) is 3.37. The first-order chi connectivity index (χ1) is 10.6. The third-order valence-electron chi connectivity index (χ3n) is 3.77. The molecular formula is C19H21NO2. The van der Waals surface area contributed by atoms with Gasteiger partial charge in [0.15, 0.2) is 5.90 Å². The fourth-order valence-electron chi connectivity index (χ4n) is 2.59. The number of aliphatic hydroxyl groups excluding tert-OH is 1. The summed E-state index contributed by atoms with van der Waals surface area (Å²) >= 11 is 0. The van der Waals surface area contributed by atoms with Crippen LogP contribution in [-0.4, -0.2) is 23.2 Å². The molecule has 0 saturated carbocycles. The van der Waals surface area contributed by atoms with E-state index in [0.717, 1.165) is 23.4 Å². The summed E-state index contributed by atoms with van der Waals surface area (Å²) in [6, 6.07) is 16.4. The second-order valence-corrected chi connectivity index (χ2v) is 6.34. The fourth-order valence-corrected chi connectivity index (χ4v) is 2.59. The van der Waals surface area contributed by atoms with Crippen LogP contribution in [0.25, 0.3) is 11.1 Å². The number of ether oxygens (including phenoxy) is 1. The molecule has 1 heterocycles. The van der Waals surface area contributed by atoms with Crippen LogP contribution in [0.3, 0.4) is 0 Å². The number of nitrogens with zero attached hydrogens (tertiary/aromatic N) is 1. The van der Waals surface area contributed by atoms with Gasteiger partial charge in [0.2, 0.25) is 0 Å². The number of hydrogen-bond acceptors (Lipinski definition) is 3. The lowest BCUT2D eigenvalue weighted by molar-refractivity contribution is 0.275. The van der Waals surface area contributed by atoms with Crippen LogP contribution >= 0.6 is 0 Å². The average molecular weight is 295 g/mol. The predicted molar refractivity (Wildman–Crippen MR) is 89.0 cm³/mol. The maximum absolute atomic E-state index is 9.12. The first-order valence-electron chi connectivity index (χ1n) is 7.56. The quantitative estimate of drug-likeness (QED) is 0.936. The van der Waals surface area contributed by atoms with Crippen LogP contribution in [0, 0.1) is 0 Å². The zero-order valence-electron chi connectivity index (χ0n) is 13.0. The highest BCUT2D eigenvalue weighted by atomic mass is 16.5. The van der Waals surface area contributed by atoms with Crippen molar-refractivity contribution in [1.29, 1.82) is 0 Å². The van der Waals surface area contributed by atoms with Gasteiger partial charge < -0.3 is 9.84 Å². The van der Waals surface area contributed by atoms with Crippen molar-refractivity contribution in [2.45, 2.75) is 32.4 Å². The molecule has 0 atom stereocenters. The lowest BCUT2D eigenvalue weighted by Gasteiger charge is -2.07. The highest BCUT2D eigenvalue weighted by Crippen LogP contribution is 2.23. The molecule has 2 aromatic rings. The number of rotatable bonds is 4. The normalized spacial score (nSPS) is 16.2. The average Bonchev–Trinajstić information content (AvgIpc) is 2.86. The molecule has 0 aromatic heterocycles. The van der Waals surface area contributed by atoms with Crippen molar-refractivity contribution in [2.24, 2.45) is 4.99 Å². The summed E-state index contributed by atoms with van der Waals surface area (Å²) in [5.41, 5.74) is 4.33. The van der Waals surface area contributed by atoms with E-state index in [1.54, 1.807) is 0 Å². The Kier molecular flexibility index (Phi) is 3.99. The van der Waals surface area contributed by atoms with Gasteiger partial charge in [-0.1, -0.05) is 48.5 Å². The van der Waals surface area contributed by atoms with E-state index in [1.165, 1.54) is 11.1 Å². The molecule has 0 bridgehead atoms. The number of aliphatic hydroxyl groups is 1. The van der Waals surface area contributed by atoms with Crippen molar-refractivity contribution in [1.82, 2.24) is 0 Å². The zero-order valence-corrected chi connectivity index (χ0v) is 13.0. The van der Waals surface area contributed by atoms with E-state index in [-0.39, 0.29) is 12.1 Å². The van der Waals surface area contributed by atoms with E-state index in [2.05, 4.69) is 43.1 Å². The summed E-state index contributed by atoms with van der Waals surface area (Å²) < 4.78 is 5.67. The van der Waals surface area contributed by atoms with Gasteiger partial charge in [-0.25, -0.2) is 4.99 Å². The van der Waals surface area contributed by atoms with Crippen LogP contribution in [0.2, 0.25) is 0 Å². The zero-order chi connectivity index (χ0) is 15.6. The van der Waals surface area contributed by atoms with Crippen molar-refractivity contribution in [3.63, 3.8) is 0 Å². The van der Waals surface area contributed by atoms with E-state index in [9.17, 15) is 0 Å². The van der Waals surface area contributed by atoms with Gasteiger partial charge >= 0.3 is 0 Å². The molecular weight excluding hydrogens is 274 g/mol. The molecule has 1 N–H and O–H groups in total. The molecule has 0 aliphatic carbocycles. The molecule has 114 valence electrons. The van der Waals surface area contributed by atoms with E-state index < -0.39 is 0 Å². The summed E-state index contributed by atoms with van der Waals surface area (Å²) in [5.74, 6) is 0.817. The van der Waals surface area contributed by atoms with Gasteiger partial charge in [0.05, 0.1) is 12.1 Å². The number of hydrogen-bond donors (Lipinski definition) is 1. The molecule has 0 unspecified atom stereocenters. The molecule has 2 aromatic carbocycles. The summed E-state index contributed by atoms with van der Waals surface area (Å²) in [4.78, 5) is 4.61. The summed E-state index contributed by atoms with van der Waals surface area (Å²) in [6.45, 7) is 4.90. The predicted octanol–water partition coefficient (Wildman–Crippen LogP) is 3.60. The van der Waals surface area contributed by atoms with E-state index in [0.29, 0.717) is 6.61 Å². The van der Waals surface area contributed by atoms with Crippen LogP contribution in [0.1, 0.15) is 25.0 Å². The molecule has 22 heavy (non-hydrogen) atoms. The minimum absolute atomic E-state index is 0.0767. The Bertz CT molecular complexity index is 687. The molecule has 1 aliphatic heterocycles. The Morgan fingerprint density at radius 3 is 2.45 bits per heavy atom. The van der Waals surface area contributed by atoms with Gasteiger partial charge in [-0.05, 0) is 36.1 Å². The Morgan fingerprint density at radius 2 is 1.82 bits per heavy atom. The Hall–Kier alpha value is -2.13. The van der Waals surface area contributed by atoms with Gasteiger partial charge in [-0.15, -0.1) is 0 Å². The summed E-state index contributed by atoms with van der Waals surface area (Å²) in [6.07, 6.45) is 0.728. The highest BCUT2D eigenvalue weighted by Gasteiger charge is 2.25. The summed E-state index contributed by atoms with van der Waals surface area (Å²) in [5, 5.41) is 9.12. The van der Waals surface area contributed by atoms with Crippen LogP contribution in [0.5, 0.6) is 0 Å². The molecule has 1 aliphatic rings. The van der Waals surface area contributed by atoms with Gasteiger partial charge in [0.1, 0.15) is 6.61 Å². The van der Waals surface area contributed by atoms with Crippen LogP contribution in [-0.2, 0) is 17.8 Å². The Labute approximate surface area is 131 Å². The largest absolute Gasteiger partial charge is 0.478 e. The van der Waals surface area contributed by atoms with Crippen LogP contribution in [0.4, 0.5) is 0 Å². The number of benzene rings is 2. The molecule has 0 saturated heterocycles. The fraction of sp³-hybridized carbons (Fsp3) is 0.316. The van der Waals surface area contributed by atoms with Crippen LogP contribution < -0.4 is 0 Å². The number of aliphatic imine (C=N–C) groups is 1. The van der Waals surface area contributed by atoms with Gasteiger partial charge in [0.25, 0.3) is 0 Å². The molecule has 0 amide bonds. The van der Waals surface area contributed by atoms with Gasteiger partial charge in [0, 0.05) is 6.42 Å². The van der Waals surface area contributed by atoms with Crippen molar-refractivity contribution in [3.8, 4) is 11.1 Å². The molecule has 0 spiro atoms. The standard InChI is InChI=1S/C19H21NO2/c1-19(2)13-22-18(20-19)11-15-4-3-5-17(10-15)16-8-6-14(12-21)7-9-16/h3-10,21H,11-13H2,1-2H3. The van der Waals surface area contributed by atoms with E-state index in [4.69, 9.17) is 9.84 Å². The summed E-state index contributed by atoms with van der Waals surface area (Å²) in [7, 11) is 0. The topological polar surface area (TPSA) is 41.8 Å². The minimum Gasteiger partial charge on any atom is -0.478 e. The van der Waals surface area contributed by atoms with E-state index in [1.807, 2.05) is 24.3 Å². The lowest BCUT2D eigenvalue weighted by Crippen LogP contribution is -2.17. The van der Waals surface area contributed by atoms with Crippen LogP contribution in [0.15, 0.2) is 53.5 Å². The maximum atomic E-state index is 9.12. The molecule has 3 rings (SSSR count). The lowest BCUT2D eigenvalue weighted by atomic mass is 10.0. The first-order valence-corrected chi connectivity index (χ1v) is 7.56. The molecule has 0 fully saturated rings.